The van der Waals surface area contributed by atoms with Gasteiger partial charge in [0.05, 0.1) is 48.4 Å². The van der Waals surface area contributed by atoms with Crippen molar-refractivity contribution in [2.24, 2.45) is 7.05 Å². The molecule has 3 heterocycles. The summed E-state index contributed by atoms with van der Waals surface area (Å²) >= 11 is 0. The Balaban J connectivity index is 1.85. The lowest BCUT2D eigenvalue weighted by Gasteiger charge is -2.14. The van der Waals surface area contributed by atoms with Gasteiger partial charge in [0.25, 0.3) is 5.91 Å². The maximum atomic E-state index is 13.4. The number of hydrogen-bond acceptors (Lipinski definition) is 6. The van der Waals surface area contributed by atoms with Gasteiger partial charge in [0.1, 0.15) is 0 Å². The molecule has 32 heavy (non-hydrogen) atoms. The van der Waals surface area contributed by atoms with E-state index in [1.807, 2.05) is 25.5 Å². The normalized spacial score (nSPS) is 11.1. The van der Waals surface area contributed by atoms with E-state index in [0.717, 1.165) is 23.5 Å². The maximum absolute atomic E-state index is 13.4. The first kappa shape index (κ1) is 21.4. The third kappa shape index (κ3) is 3.45. The molecule has 0 aliphatic heterocycles. The smallest absolute Gasteiger partial charge is 0.256 e. The molecule has 166 valence electrons. The zero-order chi connectivity index (χ0) is 23.0. The zero-order valence-corrected chi connectivity index (χ0v) is 19.1. The number of aromatic nitrogens is 5. The van der Waals surface area contributed by atoms with Crippen molar-refractivity contribution in [2.75, 3.05) is 19.5 Å². The number of methoxy groups -OCH3 is 2. The molecular weight excluding hydrogens is 408 g/mol. The second kappa shape index (κ2) is 8.33. The van der Waals surface area contributed by atoms with E-state index in [-0.39, 0.29) is 5.91 Å². The standard InChI is InChI=1S/C23H26N6O3/c1-7-29-14(3)20(13(2)27-29)18-11-15(16-12-24-28(4)22(16)25-18)23(30)26-17-9-8-10-19(31-5)21(17)32-6/h8-12H,7H2,1-6H3,(H,26,30). The van der Waals surface area contributed by atoms with E-state index in [4.69, 9.17) is 14.5 Å². The summed E-state index contributed by atoms with van der Waals surface area (Å²) in [6.07, 6.45) is 1.65. The summed E-state index contributed by atoms with van der Waals surface area (Å²) in [5.74, 6) is 0.692. The van der Waals surface area contributed by atoms with Crippen molar-refractivity contribution in [1.82, 2.24) is 24.5 Å². The molecule has 1 aromatic carbocycles. The van der Waals surface area contributed by atoms with Gasteiger partial charge in [-0.1, -0.05) is 6.07 Å². The highest BCUT2D eigenvalue weighted by molar-refractivity contribution is 6.13. The average Bonchev–Trinajstić information content (AvgIpc) is 3.31. The van der Waals surface area contributed by atoms with Crippen molar-refractivity contribution >= 4 is 22.6 Å². The Kier molecular flexibility index (Phi) is 5.56. The van der Waals surface area contributed by atoms with E-state index in [9.17, 15) is 4.79 Å². The minimum Gasteiger partial charge on any atom is -0.493 e. The molecule has 0 saturated carbocycles. The van der Waals surface area contributed by atoms with Gasteiger partial charge in [-0.15, -0.1) is 0 Å². The molecule has 0 radical (unpaired) electrons. The van der Waals surface area contributed by atoms with Crippen LogP contribution < -0.4 is 14.8 Å². The quantitative estimate of drug-likeness (QED) is 0.497. The highest BCUT2D eigenvalue weighted by Gasteiger charge is 2.22. The zero-order valence-electron chi connectivity index (χ0n) is 19.1. The number of amides is 1. The molecule has 0 aliphatic carbocycles. The van der Waals surface area contributed by atoms with Gasteiger partial charge in [-0.05, 0) is 39.0 Å². The first-order valence-electron chi connectivity index (χ1n) is 10.3. The van der Waals surface area contributed by atoms with E-state index in [1.165, 1.54) is 7.11 Å². The van der Waals surface area contributed by atoms with Gasteiger partial charge in [-0.3, -0.25) is 14.2 Å². The Morgan fingerprint density at radius 1 is 1.19 bits per heavy atom. The molecule has 4 aromatic rings. The Morgan fingerprint density at radius 2 is 1.97 bits per heavy atom. The number of para-hydroxylation sites is 1. The summed E-state index contributed by atoms with van der Waals surface area (Å²) in [6.45, 7) is 6.75. The minimum absolute atomic E-state index is 0.295. The average molecular weight is 435 g/mol. The number of nitrogens with zero attached hydrogens (tertiary/aromatic N) is 5. The fraction of sp³-hybridized carbons (Fsp3) is 0.304. The van der Waals surface area contributed by atoms with Crippen LogP contribution >= 0.6 is 0 Å². The highest BCUT2D eigenvalue weighted by atomic mass is 16.5. The van der Waals surface area contributed by atoms with E-state index in [0.29, 0.717) is 39.5 Å². The summed E-state index contributed by atoms with van der Waals surface area (Å²) in [5, 5.41) is 12.5. The molecule has 9 nitrogen and oxygen atoms in total. The summed E-state index contributed by atoms with van der Waals surface area (Å²) < 4.78 is 14.4. The largest absolute Gasteiger partial charge is 0.493 e. The van der Waals surface area contributed by atoms with Crippen LogP contribution in [0.15, 0.2) is 30.5 Å². The van der Waals surface area contributed by atoms with Crippen molar-refractivity contribution in [3.8, 4) is 22.8 Å². The first-order valence-corrected chi connectivity index (χ1v) is 10.3. The third-order valence-corrected chi connectivity index (χ3v) is 5.54. The van der Waals surface area contributed by atoms with Gasteiger partial charge in [0.15, 0.2) is 17.1 Å². The third-order valence-electron chi connectivity index (χ3n) is 5.54. The number of ether oxygens (including phenoxy) is 2. The lowest BCUT2D eigenvalue weighted by molar-refractivity contribution is 0.102. The molecule has 0 spiro atoms. The number of aryl methyl sites for hydroxylation is 3. The summed E-state index contributed by atoms with van der Waals surface area (Å²) in [5.41, 5.74) is 5.05. The van der Waals surface area contributed by atoms with Gasteiger partial charge in [-0.25, -0.2) is 4.98 Å². The monoisotopic (exact) mass is 434 g/mol. The number of carbonyl (C=O) groups is 1. The number of anilines is 1. The number of fused-ring (bicyclic) bond motifs is 1. The number of rotatable bonds is 6. The van der Waals surface area contributed by atoms with Crippen LogP contribution in [0, 0.1) is 13.8 Å². The molecule has 0 unspecified atom stereocenters. The Morgan fingerprint density at radius 3 is 2.62 bits per heavy atom. The second-order valence-electron chi connectivity index (χ2n) is 7.42. The van der Waals surface area contributed by atoms with Crippen LogP contribution in [0.4, 0.5) is 5.69 Å². The predicted molar refractivity (Wildman–Crippen MR) is 122 cm³/mol. The molecule has 0 bridgehead atoms. The van der Waals surface area contributed by atoms with Gasteiger partial charge >= 0.3 is 0 Å². The molecule has 3 aromatic heterocycles. The first-order chi connectivity index (χ1) is 15.4. The van der Waals surface area contributed by atoms with Crippen LogP contribution in [0.3, 0.4) is 0 Å². The number of carbonyl (C=O) groups excluding carboxylic acids is 1. The molecule has 1 N–H and O–H groups in total. The lowest BCUT2D eigenvalue weighted by Crippen LogP contribution is -2.14. The molecular formula is C23H26N6O3. The van der Waals surface area contributed by atoms with E-state index in [2.05, 4.69) is 15.5 Å². The predicted octanol–water partition coefficient (Wildman–Crippen LogP) is 3.74. The lowest BCUT2D eigenvalue weighted by atomic mass is 10.0. The SMILES string of the molecule is CCn1nc(C)c(-c2cc(C(=O)Nc3cccc(OC)c3OC)c3cnn(C)c3n2)c1C. The molecule has 9 heteroatoms. The van der Waals surface area contributed by atoms with Crippen LogP contribution in [0.2, 0.25) is 0 Å². The summed E-state index contributed by atoms with van der Waals surface area (Å²) in [6, 6.07) is 7.13. The molecule has 0 atom stereocenters. The fourth-order valence-electron chi connectivity index (χ4n) is 3.98. The molecule has 1 amide bonds. The number of pyridine rings is 1. The minimum atomic E-state index is -0.295. The Bertz CT molecular complexity index is 1320. The Labute approximate surface area is 186 Å². The molecule has 4 rings (SSSR count). The molecule has 0 fully saturated rings. The maximum Gasteiger partial charge on any atom is 0.256 e. The van der Waals surface area contributed by atoms with Crippen molar-refractivity contribution in [2.45, 2.75) is 27.3 Å². The second-order valence-corrected chi connectivity index (χ2v) is 7.42. The fourth-order valence-corrected chi connectivity index (χ4v) is 3.98. The summed E-state index contributed by atoms with van der Waals surface area (Å²) in [4.78, 5) is 18.2. The van der Waals surface area contributed by atoms with Crippen molar-refractivity contribution in [3.63, 3.8) is 0 Å². The van der Waals surface area contributed by atoms with Crippen LogP contribution in [0.1, 0.15) is 28.7 Å². The van der Waals surface area contributed by atoms with E-state index >= 15 is 0 Å². The molecule has 0 saturated heterocycles. The van der Waals surface area contributed by atoms with Gasteiger partial charge in [0.2, 0.25) is 0 Å². The van der Waals surface area contributed by atoms with Crippen molar-refractivity contribution in [1.29, 1.82) is 0 Å². The number of nitrogens with one attached hydrogen (secondary N) is 1. The van der Waals surface area contributed by atoms with Crippen LogP contribution in [-0.2, 0) is 13.6 Å². The highest BCUT2D eigenvalue weighted by Crippen LogP contribution is 2.36. The number of hydrogen-bond donors (Lipinski definition) is 1. The van der Waals surface area contributed by atoms with Crippen LogP contribution in [-0.4, -0.2) is 44.7 Å². The van der Waals surface area contributed by atoms with Gasteiger partial charge < -0.3 is 14.8 Å². The van der Waals surface area contributed by atoms with Gasteiger partial charge in [-0.2, -0.15) is 10.2 Å². The van der Waals surface area contributed by atoms with Crippen molar-refractivity contribution in [3.05, 3.63) is 47.4 Å². The summed E-state index contributed by atoms with van der Waals surface area (Å²) in [7, 11) is 4.90. The van der Waals surface area contributed by atoms with Crippen LogP contribution in [0.25, 0.3) is 22.3 Å². The van der Waals surface area contributed by atoms with E-state index in [1.54, 1.807) is 49.3 Å². The number of benzene rings is 1. The van der Waals surface area contributed by atoms with Gasteiger partial charge in [0, 0.05) is 24.8 Å². The topological polar surface area (TPSA) is 96.1 Å². The van der Waals surface area contributed by atoms with Crippen molar-refractivity contribution < 1.29 is 14.3 Å². The van der Waals surface area contributed by atoms with E-state index < -0.39 is 0 Å². The molecule has 0 aliphatic rings. The Hall–Kier alpha value is -3.88. The van der Waals surface area contributed by atoms with Crippen LogP contribution in [0.5, 0.6) is 11.5 Å².